The van der Waals surface area contributed by atoms with E-state index in [1.165, 1.54) is 17.0 Å². The molecule has 5 nitrogen and oxygen atoms in total. The number of rotatable bonds is 4. The molecule has 1 amide bonds. The maximum absolute atomic E-state index is 12.8. The molecule has 1 aliphatic rings. The zero-order valence-electron chi connectivity index (χ0n) is 10.2. The van der Waals surface area contributed by atoms with E-state index in [0.717, 1.165) is 5.56 Å². The predicted molar refractivity (Wildman–Crippen MR) is 63.8 cm³/mol. The van der Waals surface area contributed by atoms with Crippen LogP contribution in [0.3, 0.4) is 0 Å². The molecule has 1 aliphatic heterocycles. The van der Waals surface area contributed by atoms with Gasteiger partial charge in [-0.15, -0.1) is 0 Å². The summed E-state index contributed by atoms with van der Waals surface area (Å²) >= 11 is 0. The number of amides is 1. The van der Waals surface area contributed by atoms with Crippen LogP contribution < -0.4 is 0 Å². The van der Waals surface area contributed by atoms with Crippen LogP contribution >= 0.6 is 0 Å². The first-order valence-electron chi connectivity index (χ1n) is 5.90. The molecule has 1 heterocycles. The topological polar surface area (TPSA) is 66.8 Å². The first kappa shape index (κ1) is 13.5. The normalized spacial score (nSPS) is 19.5. The molecule has 0 aliphatic carbocycles. The quantitative estimate of drug-likeness (QED) is 0.884. The van der Waals surface area contributed by atoms with Crippen LogP contribution in [0.4, 0.5) is 4.39 Å². The zero-order chi connectivity index (χ0) is 13.8. The van der Waals surface area contributed by atoms with Gasteiger partial charge in [0.1, 0.15) is 12.4 Å². The van der Waals surface area contributed by atoms with Crippen LogP contribution in [-0.2, 0) is 20.9 Å². The van der Waals surface area contributed by atoms with Crippen LogP contribution in [-0.4, -0.2) is 41.1 Å². The molecule has 1 saturated heterocycles. The van der Waals surface area contributed by atoms with E-state index in [1.807, 2.05) is 0 Å². The molecule has 0 radical (unpaired) electrons. The van der Waals surface area contributed by atoms with E-state index in [2.05, 4.69) is 0 Å². The minimum atomic E-state index is -0.957. The van der Waals surface area contributed by atoms with Crippen molar-refractivity contribution in [3.05, 3.63) is 35.6 Å². The van der Waals surface area contributed by atoms with Crippen LogP contribution in [0.2, 0.25) is 0 Å². The number of ether oxygens (including phenoxy) is 1. The fourth-order valence-electron chi connectivity index (χ4n) is 1.96. The molecule has 1 N–H and O–H groups in total. The second-order valence-electron chi connectivity index (χ2n) is 4.43. The number of hydrogen-bond acceptors (Lipinski definition) is 3. The zero-order valence-corrected chi connectivity index (χ0v) is 10.2. The highest BCUT2D eigenvalue weighted by Gasteiger charge is 2.27. The highest BCUT2D eigenvalue weighted by Crippen LogP contribution is 2.14. The second-order valence-corrected chi connectivity index (χ2v) is 4.43. The van der Waals surface area contributed by atoms with E-state index in [0.29, 0.717) is 6.54 Å². The Hall–Kier alpha value is -1.95. The van der Waals surface area contributed by atoms with Crippen LogP contribution in [0.25, 0.3) is 0 Å². The number of nitrogens with zero attached hydrogens (tertiary/aromatic N) is 1. The monoisotopic (exact) mass is 267 g/mol. The van der Waals surface area contributed by atoms with Crippen molar-refractivity contribution in [1.82, 2.24) is 4.90 Å². The van der Waals surface area contributed by atoms with Crippen LogP contribution in [0.15, 0.2) is 24.3 Å². The van der Waals surface area contributed by atoms with E-state index in [9.17, 15) is 14.0 Å². The molecule has 0 spiro atoms. The number of carboxylic acid groups (broad SMARTS) is 1. The largest absolute Gasteiger partial charge is 0.481 e. The fourth-order valence-corrected chi connectivity index (χ4v) is 1.96. The molecule has 102 valence electrons. The van der Waals surface area contributed by atoms with Crippen LogP contribution in [0, 0.1) is 5.82 Å². The number of hydrogen-bond donors (Lipinski definition) is 1. The number of carbonyl (C=O) groups excluding carboxylic acids is 1. The summed E-state index contributed by atoms with van der Waals surface area (Å²) in [5, 5.41) is 8.71. The third kappa shape index (κ3) is 3.75. The number of aliphatic carboxylic acids is 1. The summed E-state index contributed by atoms with van der Waals surface area (Å²) in [7, 11) is 0. The minimum Gasteiger partial charge on any atom is -0.481 e. The summed E-state index contributed by atoms with van der Waals surface area (Å²) in [5.74, 6) is -1.48. The van der Waals surface area contributed by atoms with Gasteiger partial charge in [0.2, 0.25) is 5.91 Å². The molecular weight excluding hydrogens is 253 g/mol. The van der Waals surface area contributed by atoms with Crippen molar-refractivity contribution >= 4 is 11.9 Å². The minimum absolute atomic E-state index is 0.112. The van der Waals surface area contributed by atoms with Crippen LogP contribution in [0.1, 0.15) is 12.0 Å². The lowest BCUT2D eigenvalue weighted by Crippen LogP contribution is -2.46. The molecule has 0 bridgehead atoms. The SMILES string of the molecule is O=C(O)CC1CN(Cc2ccc(F)cc2)C(=O)CO1. The molecule has 1 unspecified atom stereocenters. The van der Waals surface area contributed by atoms with Gasteiger partial charge >= 0.3 is 5.97 Å². The Morgan fingerprint density at radius 2 is 2.11 bits per heavy atom. The Morgan fingerprint density at radius 1 is 1.42 bits per heavy atom. The standard InChI is InChI=1S/C13H14FNO4/c14-10-3-1-9(2-4-10)6-15-7-11(5-13(17)18)19-8-12(15)16/h1-4,11H,5-8H2,(H,17,18). The van der Waals surface area contributed by atoms with Gasteiger partial charge in [-0.1, -0.05) is 12.1 Å². The first-order valence-corrected chi connectivity index (χ1v) is 5.90. The van der Waals surface area contributed by atoms with E-state index >= 15 is 0 Å². The van der Waals surface area contributed by atoms with Crippen LogP contribution in [0.5, 0.6) is 0 Å². The Bertz CT molecular complexity index is 474. The van der Waals surface area contributed by atoms with Gasteiger partial charge in [-0.3, -0.25) is 9.59 Å². The van der Waals surface area contributed by atoms with Crippen molar-refractivity contribution < 1.29 is 23.8 Å². The van der Waals surface area contributed by atoms with Gasteiger partial charge in [0.25, 0.3) is 0 Å². The second kappa shape index (κ2) is 5.79. The number of carboxylic acids is 1. The maximum atomic E-state index is 12.8. The van der Waals surface area contributed by atoms with Gasteiger partial charge in [0.15, 0.2) is 0 Å². The predicted octanol–water partition coefficient (Wildman–Crippen LogP) is 1.03. The summed E-state index contributed by atoms with van der Waals surface area (Å²) in [6, 6.07) is 5.86. The summed E-state index contributed by atoms with van der Waals surface area (Å²) in [4.78, 5) is 23.8. The average molecular weight is 267 g/mol. The van der Waals surface area contributed by atoms with Crippen molar-refractivity contribution in [2.75, 3.05) is 13.2 Å². The number of morpholine rings is 1. The maximum Gasteiger partial charge on any atom is 0.306 e. The summed E-state index contributed by atoms with van der Waals surface area (Å²) in [5.41, 5.74) is 0.797. The first-order chi connectivity index (χ1) is 9.04. The van der Waals surface area contributed by atoms with Gasteiger partial charge in [-0.25, -0.2) is 4.39 Å². The van der Waals surface area contributed by atoms with E-state index in [4.69, 9.17) is 9.84 Å². The van der Waals surface area contributed by atoms with Gasteiger partial charge < -0.3 is 14.7 Å². The third-order valence-corrected chi connectivity index (χ3v) is 2.91. The van der Waals surface area contributed by atoms with Gasteiger partial charge in [0, 0.05) is 13.1 Å². The molecular formula is C13H14FNO4. The molecule has 1 aromatic carbocycles. The Morgan fingerprint density at radius 3 is 2.74 bits per heavy atom. The third-order valence-electron chi connectivity index (χ3n) is 2.91. The molecule has 19 heavy (non-hydrogen) atoms. The van der Waals surface area contributed by atoms with Crippen molar-refractivity contribution in [1.29, 1.82) is 0 Å². The molecule has 1 aromatic rings. The molecule has 1 fully saturated rings. The fraction of sp³-hybridized carbons (Fsp3) is 0.385. The van der Waals surface area contributed by atoms with Crippen molar-refractivity contribution in [2.24, 2.45) is 0 Å². The smallest absolute Gasteiger partial charge is 0.306 e. The summed E-state index contributed by atoms with van der Waals surface area (Å²) < 4.78 is 17.9. The lowest BCUT2D eigenvalue weighted by Gasteiger charge is -2.32. The molecule has 2 rings (SSSR count). The Labute approximate surface area is 109 Å². The van der Waals surface area contributed by atoms with Crippen molar-refractivity contribution in [3.8, 4) is 0 Å². The van der Waals surface area contributed by atoms with E-state index < -0.39 is 12.1 Å². The van der Waals surface area contributed by atoms with Crippen molar-refractivity contribution in [2.45, 2.75) is 19.1 Å². The number of benzene rings is 1. The highest BCUT2D eigenvalue weighted by molar-refractivity contribution is 5.78. The molecule has 6 heteroatoms. The lowest BCUT2D eigenvalue weighted by atomic mass is 10.1. The Balaban J connectivity index is 1.99. The Kier molecular flexibility index (Phi) is 4.11. The van der Waals surface area contributed by atoms with Gasteiger partial charge in [-0.05, 0) is 17.7 Å². The molecule has 0 aromatic heterocycles. The summed E-state index contributed by atoms with van der Waals surface area (Å²) in [6.45, 7) is 0.459. The van der Waals surface area contributed by atoms with Gasteiger partial charge in [0.05, 0.1) is 12.5 Å². The average Bonchev–Trinajstić information content (AvgIpc) is 2.35. The number of halogens is 1. The summed E-state index contributed by atoms with van der Waals surface area (Å²) in [6.07, 6.45) is -0.622. The van der Waals surface area contributed by atoms with E-state index in [-0.39, 0.29) is 31.3 Å². The lowest BCUT2D eigenvalue weighted by molar-refractivity contribution is -0.155. The number of carbonyl (C=O) groups is 2. The van der Waals surface area contributed by atoms with E-state index in [1.54, 1.807) is 12.1 Å². The molecule has 0 saturated carbocycles. The van der Waals surface area contributed by atoms with Crippen molar-refractivity contribution in [3.63, 3.8) is 0 Å². The van der Waals surface area contributed by atoms with Gasteiger partial charge in [-0.2, -0.15) is 0 Å². The molecule has 1 atom stereocenters. The highest BCUT2D eigenvalue weighted by atomic mass is 19.1.